The molecule has 19 heavy (non-hydrogen) atoms. The fraction of sp³-hybridized carbons (Fsp3) is 0.500. The van der Waals surface area contributed by atoms with Crippen molar-refractivity contribution in [2.75, 3.05) is 32.1 Å². The first kappa shape index (κ1) is 15.3. The van der Waals surface area contributed by atoms with Crippen LogP contribution in [-0.4, -0.2) is 54.1 Å². The lowest BCUT2D eigenvalue weighted by molar-refractivity contribution is 0.0509. The molecule has 1 rings (SSSR count). The van der Waals surface area contributed by atoms with Crippen molar-refractivity contribution in [3.05, 3.63) is 23.5 Å². The van der Waals surface area contributed by atoms with Crippen LogP contribution in [0.15, 0.2) is 12.3 Å². The van der Waals surface area contributed by atoms with Crippen molar-refractivity contribution in [3.8, 4) is 0 Å². The Morgan fingerprint density at radius 1 is 1.58 bits per heavy atom. The van der Waals surface area contributed by atoms with Gasteiger partial charge in [0.25, 0.3) is 12.3 Å². The summed E-state index contributed by atoms with van der Waals surface area (Å²) in [4.78, 5) is 17.1. The number of carbonyl (C=O) groups excluding carboxylic acids is 1. The molecule has 0 atom stereocenters. The van der Waals surface area contributed by atoms with Crippen LogP contribution in [0, 0.1) is 6.92 Å². The summed E-state index contributed by atoms with van der Waals surface area (Å²) in [6.07, 6.45) is -1.30. The van der Waals surface area contributed by atoms with Gasteiger partial charge in [-0.2, -0.15) is 0 Å². The Kier molecular flexibility index (Phi) is 5.62. The van der Waals surface area contributed by atoms with E-state index in [1.165, 1.54) is 6.20 Å². The van der Waals surface area contributed by atoms with Crippen molar-refractivity contribution in [2.45, 2.75) is 13.3 Å². The molecule has 1 aromatic rings. The number of amides is 1. The van der Waals surface area contributed by atoms with E-state index >= 15 is 0 Å². The van der Waals surface area contributed by atoms with Crippen LogP contribution < -0.4 is 5.32 Å². The number of aryl methyl sites for hydroxylation is 1. The molecule has 1 aromatic heterocycles. The van der Waals surface area contributed by atoms with E-state index in [0.29, 0.717) is 11.4 Å². The van der Waals surface area contributed by atoms with Crippen molar-refractivity contribution in [3.63, 3.8) is 0 Å². The van der Waals surface area contributed by atoms with Gasteiger partial charge < -0.3 is 15.3 Å². The largest absolute Gasteiger partial charge is 0.395 e. The van der Waals surface area contributed by atoms with Crippen LogP contribution in [0.5, 0.6) is 0 Å². The van der Waals surface area contributed by atoms with E-state index in [2.05, 4.69) is 10.3 Å². The maximum atomic E-state index is 12.4. The third-order valence-corrected chi connectivity index (χ3v) is 2.56. The van der Waals surface area contributed by atoms with E-state index < -0.39 is 18.9 Å². The van der Waals surface area contributed by atoms with Gasteiger partial charge >= 0.3 is 0 Å². The molecule has 1 amide bonds. The molecule has 0 aliphatic rings. The standard InChI is InChI=1S/C12H17F2N3O2/c1-8-5-10(15-2)9(6-16-8)12(19)17(3-4-18)7-11(13)14/h5-6,11,18H,3-4,7H2,1-2H3,(H,15,16). The van der Waals surface area contributed by atoms with E-state index in [9.17, 15) is 13.6 Å². The third kappa shape index (κ3) is 4.13. The molecule has 0 unspecified atom stereocenters. The Morgan fingerprint density at radius 3 is 2.79 bits per heavy atom. The quantitative estimate of drug-likeness (QED) is 0.815. The van der Waals surface area contributed by atoms with Gasteiger partial charge in [0, 0.05) is 25.5 Å². The van der Waals surface area contributed by atoms with Crippen LogP contribution in [0.4, 0.5) is 14.5 Å². The molecule has 0 aliphatic heterocycles. The van der Waals surface area contributed by atoms with Gasteiger partial charge in [-0.3, -0.25) is 9.78 Å². The van der Waals surface area contributed by atoms with Crippen LogP contribution in [0.25, 0.3) is 0 Å². The molecule has 0 aliphatic carbocycles. The van der Waals surface area contributed by atoms with Gasteiger partial charge in [-0.25, -0.2) is 8.78 Å². The number of anilines is 1. The second kappa shape index (κ2) is 6.98. The smallest absolute Gasteiger partial charge is 0.257 e. The molecule has 0 radical (unpaired) electrons. The number of carbonyl (C=O) groups is 1. The Hall–Kier alpha value is -1.76. The van der Waals surface area contributed by atoms with E-state index in [0.717, 1.165) is 4.90 Å². The zero-order valence-electron chi connectivity index (χ0n) is 10.9. The highest BCUT2D eigenvalue weighted by atomic mass is 19.3. The third-order valence-electron chi connectivity index (χ3n) is 2.56. The number of aliphatic hydroxyl groups is 1. The zero-order chi connectivity index (χ0) is 14.4. The van der Waals surface area contributed by atoms with Gasteiger partial charge in [0.15, 0.2) is 0 Å². The Morgan fingerprint density at radius 2 is 2.26 bits per heavy atom. The van der Waals surface area contributed by atoms with Crippen molar-refractivity contribution >= 4 is 11.6 Å². The maximum absolute atomic E-state index is 12.4. The highest BCUT2D eigenvalue weighted by Gasteiger charge is 2.21. The molecule has 1 heterocycles. The summed E-state index contributed by atoms with van der Waals surface area (Å²) < 4.78 is 24.8. The fourth-order valence-electron chi connectivity index (χ4n) is 1.67. The number of aliphatic hydroxyl groups excluding tert-OH is 1. The maximum Gasteiger partial charge on any atom is 0.257 e. The first-order valence-corrected chi connectivity index (χ1v) is 5.82. The normalized spacial score (nSPS) is 10.6. The number of alkyl halides is 2. The van der Waals surface area contributed by atoms with Gasteiger partial charge in [-0.05, 0) is 13.0 Å². The first-order valence-electron chi connectivity index (χ1n) is 5.82. The zero-order valence-corrected chi connectivity index (χ0v) is 10.9. The molecule has 5 nitrogen and oxygen atoms in total. The molecular formula is C12H17F2N3O2. The number of hydrogen-bond acceptors (Lipinski definition) is 4. The minimum absolute atomic E-state index is 0.139. The number of aromatic nitrogens is 1. The van der Waals surface area contributed by atoms with Gasteiger partial charge in [0.2, 0.25) is 0 Å². The minimum atomic E-state index is -2.65. The van der Waals surface area contributed by atoms with Crippen molar-refractivity contribution < 1.29 is 18.7 Å². The molecule has 0 spiro atoms. The molecule has 0 aromatic carbocycles. The molecule has 106 valence electrons. The first-order chi connectivity index (χ1) is 8.99. The fourth-order valence-corrected chi connectivity index (χ4v) is 1.67. The molecule has 0 saturated carbocycles. The average molecular weight is 273 g/mol. The number of halogens is 2. The Balaban J connectivity index is 3.01. The van der Waals surface area contributed by atoms with Gasteiger partial charge in [-0.1, -0.05) is 0 Å². The summed E-state index contributed by atoms with van der Waals surface area (Å²) in [6, 6.07) is 1.66. The summed E-state index contributed by atoms with van der Waals surface area (Å²) in [6.45, 7) is 0.545. The molecule has 0 fully saturated rings. The van der Waals surface area contributed by atoms with E-state index in [1.54, 1.807) is 20.0 Å². The van der Waals surface area contributed by atoms with E-state index in [1.807, 2.05) is 0 Å². The lowest BCUT2D eigenvalue weighted by Crippen LogP contribution is -2.37. The van der Waals surface area contributed by atoms with Crippen LogP contribution in [0.2, 0.25) is 0 Å². The summed E-state index contributed by atoms with van der Waals surface area (Å²) in [5.41, 5.74) is 1.44. The molecular weight excluding hydrogens is 256 g/mol. The summed E-state index contributed by atoms with van der Waals surface area (Å²) in [5.74, 6) is -0.578. The van der Waals surface area contributed by atoms with Crippen LogP contribution in [0.1, 0.15) is 16.1 Å². The minimum Gasteiger partial charge on any atom is -0.395 e. The topological polar surface area (TPSA) is 65.5 Å². The summed E-state index contributed by atoms with van der Waals surface area (Å²) in [7, 11) is 1.63. The predicted octanol–water partition coefficient (Wildman–Crippen LogP) is 1.13. The lowest BCUT2D eigenvalue weighted by Gasteiger charge is -2.22. The number of nitrogens with one attached hydrogen (secondary N) is 1. The number of rotatable bonds is 6. The van der Waals surface area contributed by atoms with Crippen molar-refractivity contribution in [2.24, 2.45) is 0 Å². The van der Waals surface area contributed by atoms with E-state index in [-0.39, 0.29) is 18.7 Å². The van der Waals surface area contributed by atoms with Gasteiger partial charge in [0.1, 0.15) is 0 Å². The van der Waals surface area contributed by atoms with Crippen molar-refractivity contribution in [1.29, 1.82) is 0 Å². The van der Waals surface area contributed by atoms with Crippen LogP contribution in [0.3, 0.4) is 0 Å². The Labute approximate surface area is 110 Å². The van der Waals surface area contributed by atoms with Gasteiger partial charge in [0.05, 0.1) is 24.4 Å². The van der Waals surface area contributed by atoms with E-state index in [4.69, 9.17) is 5.11 Å². The van der Waals surface area contributed by atoms with Crippen LogP contribution >= 0.6 is 0 Å². The summed E-state index contributed by atoms with van der Waals surface area (Å²) >= 11 is 0. The second-order valence-electron chi connectivity index (χ2n) is 3.99. The van der Waals surface area contributed by atoms with Crippen molar-refractivity contribution in [1.82, 2.24) is 9.88 Å². The molecule has 7 heteroatoms. The monoisotopic (exact) mass is 273 g/mol. The van der Waals surface area contributed by atoms with Gasteiger partial charge in [-0.15, -0.1) is 0 Å². The highest BCUT2D eigenvalue weighted by molar-refractivity contribution is 5.99. The molecule has 0 bridgehead atoms. The number of pyridine rings is 1. The van der Waals surface area contributed by atoms with Crippen LogP contribution in [-0.2, 0) is 0 Å². The molecule has 0 saturated heterocycles. The highest BCUT2D eigenvalue weighted by Crippen LogP contribution is 2.17. The number of hydrogen-bond donors (Lipinski definition) is 2. The SMILES string of the molecule is CNc1cc(C)ncc1C(=O)N(CCO)CC(F)F. The second-order valence-corrected chi connectivity index (χ2v) is 3.99. The average Bonchev–Trinajstić information content (AvgIpc) is 2.36. The Bertz CT molecular complexity index is 441. The lowest BCUT2D eigenvalue weighted by atomic mass is 10.2. The number of nitrogens with zero attached hydrogens (tertiary/aromatic N) is 2. The predicted molar refractivity (Wildman–Crippen MR) is 67.5 cm³/mol. The molecule has 2 N–H and O–H groups in total. The summed E-state index contributed by atoms with van der Waals surface area (Å²) in [5, 5.41) is 11.7.